The number of thioether (sulfide) groups is 1. The Morgan fingerprint density at radius 2 is 1.37 bits per heavy atom. The maximum atomic E-state index is 12.8. The van der Waals surface area contributed by atoms with E-state index in [9.17, 15) is 23.4 Å². The molecule has 0 saturated heterocycles. The van der Waals surface area contributed by atoms with E-state index in [-0.39, 0.29) is 17.1 Å². The highest BCUT2D eigenvalue weighted by molar-refractivity contribution is 7.99. The molecule has 0 spiro atoms. The van der Waals surface area contributed by atoms with Crippen LogP contribution in [0.3, 0.4) is 0 Å². The number of hydrogen-bond donors (Lipinski definition) is 3. The van der Waals surface area contributed by atoms with Crippen LogP contribution in [0, 0.1) is 0 Å². The number of benzene rings is 3. The van der Waals surface area contributed by atoms with Crippen molar-refractivity contribution in [3.05, 3.63) is 72.8 Å². The number of nitrogens with one attached hydrogen (secondary N) is 1. The second-order valence-electron chi connectivity index (χ2n) is 7.64. The molecular weight excluding hydrogens is 490 g/mol. The van der Waals surface area contributed by atoms with Gasteiger partial charge in [0.2, 0.25) is 10.0 Å². The Morgan fingerprint density at radius 1 is 0.886 bits per heavy atom. The molecule has 0 saturated carbocycles. The van der Waals surface area contributed by atoms with Crippen LogP contribution in [0.15, 0.2) is 82.6 Å². The number of sulfonamides is 1. The van der Waals surface area contributed by atoms with Crippen LogP contribution in [0.25, 0.3) is 11.1 Å². The van der Waals surface area contributed by atoms with Gasteiger partial charge in [-0.05, 0) is 59.7 Å². The molecule has 0 heterocycles. The smallest absolute Gasteiger partial charge is 0.321 e. The average molecular weight is 518 g/mol. The number of aliphatic hydroxyl groups excluding tert-OH is 1. The summed E-state index contributed by atoms with van der Waals surface area (Å²) in [5, 5.41) is 19.9. The minimum atomic E-state index is -4.12. The fraction of sp³-hybridized carbons (Fsp3) is 0.240. The predicted molar refractivity (Wildman–Crippen MR) is 135 cm³/mol. The van der Waals surface area contributed by atoms with Crippen LogP contribution in [0.4, 0.5) is 0 Å². The van der Waals surface area contributed by atoms with E-state index in [1.54, 1.807) is 50.6 Å². The number of rotatable bonds is 12. The SMILES string of the molecule is COc1ccc(SCC(O)CC(NS(=O)(=O)c2ccc(-c3ccc(OC)cc3)cc2)C(=O)O)cc1. The molecule has 35 heavy (non-hydrogen) atoms. The first-order chi connectivity index (χ1) is 16.7. The quantitative estimate of drug-likeness (QED) is 0.311. The van der Waals surface area contributed by atoms with E-state index >= 15 is 0 Å². The van der Waals surface area contributed by atoms with Crippen LogP contribution in [-0.4, -0.2) is 56.7 Å². The molecule has 0 aliphatic rings. The van der Waals surface area contributed by atoms with Crippen molar-refractivity contribution in [2.75, 3.05) is 20.0 Å². The normalized spacial score (nSPS) is 13.1. The number of hydrogen-bond acceptors (Lipinski definition) is 7. The molecule has 2 atom stereocenters. The Kier molecular flexibility index (Phi) is 9.16. The molecule has 3 aromatic rings. The molecule has 2 unspecified atom stereocenters. The van der Waals surface area contributed by atoms with Gasteiger partial charge < -0.3 is 19.7 Å². The Balaban J connectivity index is 1.62. The molecule has 0 aliphatic carbocycles. The summed E-state index contributed by atoms with van der Waals surface area (Å²) in [5.41, 5.74) is 1.68. The summed E-state index contributed by atoms with van der Waals surface area (Å²) in [7, 11) is -0.979. The van der Waals surface area contributed by atoms with Crippen molar-refractivity contribution in [1.29, 1.82) is 0 Å². The molecule has 0 aliphatic heterocycles. The molecule has 0 fully saturated rings. The number of carboxylic acids is 1. The van der Waals surface area contributed by atoms with Crippen molar-refractivity contribution in [2.45, 2.75) is 28.4 Å². The van der Waals surface area contributed by atoms with Gasteiger partial charge in [-0.25, -0.2) is 8.42 Å². The van der Waals surface area contributed by atoms with Crippen molar-refractivity contribution in [3.63, 3.8) is 0 Å². The van der Waals surface area contributed by atoms with E-state index in [1.165, 1.54) is 23.9 Å². The number of methoxy groups -OCH3 is 2. The lowest BCUT2D eigenvalue weighted by molar-refractivity contribution is -0.139. The third kappa shape index (κ3) is 7.46. The van der Waals surface area contributed by atoms with E-state index in [1.807, 2.05) is 24.3 Å². The number of aliphatic carboxylic acids is 1. The van der Waals surface area contributed by atoms with Crippen LogP contribution in [-0.2, 0) is 14.8 Å². The van der Waals surface area contributed by atoms with Gasteiger partial charge in [0.15, 0.2) is 0 Å². The molecule has 186 valence electrons. The highest BCUT2D eigenvalue weighted by Gasteiger charge is 2.27. The molecule has 0 aromatic heterocycles. The summed E-state index contributed by atoms with van der Waals surface area (Å²) in [6.07, 6.45) is -1.31. The molecule has 0 bridgehead atoms. The van der Waals surface area contributed by atoms with E-state index in [4.69, 9.17) is 9.47 Å². The molecule has 0 amide bonds. The maximum absolute atomic E-state index is 12.8. The Morgan fingerprint density at radius 3 is 1.86 bits per heavy atom. The highest BCUT2D eigenvalue weighted by Crippen LogP contribution is 2.25. The molecule has 0 radical (unpaired) electrons. The zero-order valence-corrected chi connectivity index (χ0v) is 20.9. The fourth-order valence-corrected chi connectivity index (χ4v) is 5.32. The van der Waals surface area contributed by atoms with Gasteiger partial charge in [0.1, 0.15) is 17.5 Å². The largest absolute Gasteiger partial charge is 0.497 e. The van der Waals surface area contributed by atoms with Crippen molar-refractivity contribution >= 4 is 27.8 Å². The third-order valence-electron chi connectivity index (χ3n) is 5.19. The van der Waals surface area contributed by atoms with Crippen molar-refractivity contribution in [1.82, 2.24) is 4.72 Å². The molecule has 3 aromatic carbocycles. The third-order valence-corrected chi connectivity index (χ3v) is 7.84. The van der Waals surface area contributed by atoms with Gasteiger partial charge >= 0.3 is 5.97 Å². The van der Waals surface area contributed by atoms with Gasteiger partial charge in [0.25, 0.3) is 0 Å². The van der Waals surface area contributed by atoms with Gasteiger partial charge in [0.05, 0.1) is 25.2 Å². The van der Waals surface area contributed by atoms with Gasteiger partial charge in [-0.2, -0.15) is 4.72 Å². The Labute approximate surface area is 209 Å². The Hall–Kier alpha value is -3.05. The number of carbonyl (C=O) groups is 1. The zero-order chi connectivity index (χ0) is 25.4. The van der Waals surface area contributed by atoms with Crippen molar-refractivity contribution in [2.24, 2.45) is 0 Å². The summed E-state index contributed by atoms with van der Waals surface area (Å²) < 4.78 is 38.1. The minimum absolute atomic E-state index is 0.0666. The summed E-state index contributed by atoms with van der Waals surface area (Å²) in [5.74, 6) is 0.250. The summed E-state index contributed by atoms with van der Waals surface area (Å²) in [4.78, 5) is 12.5. The topological polar surface area (TPSA) is 122 Å². The fourth-order valence-electron chi connectivity index (χ4n) is 3.27. The van der Waals surface area contributed by atoms with E-state index in [2.05, 4.69) is 4.72 Å². The molecular formula is C25H27NO7S2. The average Bonchev–Trinajstić information content (AvgIpc) is 2.87. The molecule has 3 rings (SSSR count). The second kappa shape index (κ2) is 12.1. The highest BCUT2D eigenvalue weighted by atomic mass is 32.2. The van der Waals surface area contributed by atoms with Crippen LogP contribution in [0.2, 0.25) is 0 Å². The monoisotopic (exact) mass is 517 g/mol. The Bertz CT molecular complexity index is 1210. The lowest BCUT2D eigenvalue weighted by atomic mass is 10.1. The van der Waals surface area contributed by atoms with Gasteiger partial charge in [0, 0.05) is 17.1 Å². The second-order valence-corrected chi connectivity index (χ2v) is 10.4. The van der Waals surface area contributed by atoms with Crippen molar-refractivity contribution in [3.8, 4) is 22.6 Å². The van der Waals surface area contributed by atoms with Gasteiger partial charge in [-0.15, -0.1) is 11.8 Å². The summed E-state index contributed by atoms with van der Waals surface area (Å²) in [6.45, 7) is 0. The van der Waals surface area contributed by atoms with E-state index in [0.717, 1.165) is 16.0 Å². The number of aliphatic hydroxyl groups is 1. The van der Waals surface area contributed by atoms with Crippen LogP contribution < -0.4 is 14.2 Å². The standard InChI is InChI=1S/C25H27NO7S2/c1-32-20-7-3-17(4-8-20)18-5-13-23(14-6-18)35(30,31)26-24(25(28)29)15-19(27)16-34-22-11-9-21(33-2)10-12-22/h3-14,19,24,26-27H,15-16H2,1-2H3,(H,28,29). The van der Waals surface area contributed by atoms with E-state index in [0.29, 0.717) is 11.5 Å². The van der Waals surface area contributed by atoms with Crippen molar-refractivity contribution < 1.29 is 32.9 Å². The summed E-state index contributed by atoms with van der Waals surface area (Å²) >= 11 is 1.33. The number of ether oxygens (including phenoxy) is 2. The zero-order valence-electron chi connectivity index (χ0n) is 19.2. The molecule has 3 N–H and O–H groups in total. The molecule has 10 heteroatoms. The van der Waals surface area contributed by atoms with Crippen LogP contribution in [0.5, 0.6) is 11.5 Å². The lowest BCUT2D eigenvalue weighted by Gasteiger charge is -2.18. The van der Waals surface area contributed by atoms with Gasteiger partial charge in [-0.3, -0.25) is 4.79 Å². The maximum Gasteiger partial charge on any atom is 0.321 e. The first-order valence-electron chi connectivity index (χ1n) is 10.7. The minimum Gasteiger partial charge on any atom is -0.497 e. The van der Waals surface area contributed by atoms with Crippen LogP contribution >= 0.6 is 11.8 Å². The predicted octanol–water partition coefficient (Wildman–Crippen LogP) is 3.65. The number of carboxylic acid groups (broad SMARTS) is 1. The summed E-state index contributed by atoms with van der Waals surface area (Å²) in [6, 6.07) is 19.2. The lowest BCUT2D eigenvalue weighted by Crippen LogP contribution is -2.43. The molecule has 8 nitrogen and oxygen atoms in total. The first kappa shape index (κ1) is 26.6. The van der Waals surface area contributed by atoms with Crippen LogP contribution in [0.1, 0.15) is 6.42 Å². The van der Waals surface area contributed by atoms with E-state index < -0.39 is 28.1 Å². The van der Waals surface area contributed by atoms with Gasteiger partial charge in [-0.1, -0.05) is 24.3 Å². The first-order valence-corrected chi connectivity index (χ1v) is 13.1.